The summed E-state index contributed by atoms with van der Waals surface area (Å²) in [6.45, 7) is 14.7. The minimum Gasteiger partial charge on any atom is -0.481 e. The molecule has 1 aliphatic rings. The molecule has 0 spiro atoms. The second-order valence-corrected chi connectivity index (χ2v) is 32.1. The van der Waals surface area contributed by atoms with Gasteiger partial charge in [0.25, 0.3) is 17.7 Å². The van der Waals surface area contributed by atoms with E-state index in [0.29, 0.717) is 66.8 Å². The fraction of sp³-hybridized carbons (Fsp3) is 0.532. The van der Waals surface area contributed by atoms with E-state index in [2.05, 4.69) is 66.4 Å². The summed E-state index contributed by atoms with van der Waals surface area (Å²) in [6.07, 6.45) is 1.76. The first-order chi connectivity index (χ1) is 57.7. The lowest BCUT2D eigenvalue weighted by Gasteiger charge is -2.25. The van der Waals surface area contributed by atoms with Crippen molar-refractivity contribution in [3.05, 3.63) is 135 Å². The van der Waals surface area contributed by atoms with Crippen LogP contribution in [0.15, 0.2) is 86.2 Å². The van der Waals surface area contributed by atoms with E-state index in [-0.39, 0.29) is 129 Å². The Balaban J connectivity index is 0.000000280. The summed E-state index contributed by atoms with van der Waals surface area (Å²) < 4.78 is 54.2. The summed E-state index contributed by atoms with van der Waals surface area (Å²) in [5.41, 5.74) is 11.4. The van der Waals surface area contributed by atoms with E-state index < -0.39 is 101 Å². The Bertz CT molecular complexity index is 4530. The van der Waals surface area contributed by atoms with Gasteiger partial charge in [-0.25, -0.2) is 24.9 Å². The summed E-state index contributed by atoms with van der Waals surface area (Å²) in [5, 5.41) is 40.0. The summed E-state index contributed by atoms with van der Waals surface area (Å²) in [7, 11) is 9.77. The van der Waals surface area contributed by atoms with E-state index in [9.17, 15) is 67.4 Å². The van der Waals surface area contributed by atoms with Crippen LogP contribution in [0.3, 0.4) is 0 Å². The van der Waals surface area contributed by atoms with E-state index >= 15 is 0 Å². The largest absolute Gasteiger partial charge is 0.481 e. The topological polar surface area (TPSA) is 510 Å². The quantitative estimate of drug-likeness (QED) is 0.0141. The van der Waals surface area contributed by atoms with Crippen LogP contribution in [-0.2, 0) is 118 Å². The number of methoxy groups -OCH3 is 7. The Hall–Kier alpha value is -10.3. The average molecular weight is 1780 g/mol. The SMILES string of the molecule is COC(=O)[C@@H](C)Cc1cscn1.COC[C@H](C)C(=O)CC(Cc1cscn1)C(=O)OC.COC[C@H](NC(=O)c1cc(C)on1)C(=O)C[C@@H](Cc1cscn1)C(=O)N[C@@H](CC(C)C)C(=O)[C@@]1(C)CO1.COC[C@H](NC(=O)c1cc(C)on1)C(=O)C[C@@H](Cc1cscn1)C(=O)O.COC[C@H](NC(=O)c1cc(C)on1)C(=O)C[C@@H](Cc1cscn1)C(=O)OC. The first-order valence-electron chi connectivity index (χ1n) is 37.8. The number of esters is 3. The maximum atomic E-state index is 13.5. The van der Waals surface area contributed by atoms with E-state index in [1.54, 1.807) is 74.7 Å². The van der Waals surface area contributed by atoms with Gasteiger partial charge < -0.3 is 77.8 Å². The van der Waals surface area contributed by atoms with Crippen LogP contribution in [0.5, 0.6) is 0 Å². The van der Waals surface area contributed by atoms with Crippen molar-refractivity contribution in [2.75, 3.05) is 82.8 Å². The van der Waals surface area contributed by atoms with Gasteiger partial charge in [0.15, 0.2) is 40.2 Å². The normalized spacial score (nSPS) is 15.0. The van der Waals surface area contributed by atoms with Gasteiger partial charge in [-0.3, -0.25) is 62.3 Å². The Morgan fingerprint density at radius 3 is 1.02 bits per heavy atom. The number of carboxylic acid groups (broad SMARTS) is 1. The molecule has 0 bridgehead atoms. The second-order valence-electron chi connectivity index (χ2n) is 28.5. The Morgan fingerprint density at radius 1 is 0.421 bits per heavy atom. The van der Waals surface area contributed by atoms with Gasteiger partial charge in [-0.05, 0) is 40.0 Å². The highest BCUT2D eigenvalue weighted by Crippen LogP contribution is 2.31. The summed E-state index contributed by atoms with van der Waals surface area (Å²) in [4.78, 5) is 181. The summed E-state index contributed by atoms with van der Waals surface area (Å²) >= 11 is 7.14. The first-order valence-corrected chi connectivity index (χ1v) is 42.5. The zero-order valence-corrected chi connectivity index (χ0v) is 73.9. The van der Waals surface area contributed by atoms with E-state index in [1.807, 2.05) is 42.3 Å². The van der Waals surface area contributed by atoms with Crippen LogP contribution in [0.2, 0.25) is 0 Å². The number of hydrogen-bond donors (Lipinski definition) is 5. The van der Waals surface area contributed by atoms with Gasteiger partial charge in [0.05, 0.1) is 146 Å². The molecule has 8 aromatic heterocycles. The number of rotatable bonds is 46. The molecule has 5 N–H and O–H groups in total. The van der Waals surface area contributed by atoms with Gasteiger partial charge in [0.2, 0.25) is 5.91 Å². The number of aliphatic carboxylic acids is 1. The number of nitrogens with zero attached hydrogens (tertiary/aromatic N) is 8. The minimum atomic E-state index is -1.10. The molecule has 660 valence electrons. The van der Waals surface area contributed by atoms with Crippen molar-refractivity contribution in [1.82, 2.24) is 61.7 Å². The molecule has 0 aliphatic carbocycles. The maximum absolute atomic E-state index is 13.5. The number of ketones is 5. The fourth-order valence-corrected chi connectivity index (χ4v) is 14.3. The number of carbonyl (C=O) groups excluding carboxylic acids is 12. The zero-order chi connectivity index (χ0) is 89.3. The van der Waals surface area contributed by atoms with Crippen molar-refractivity contribution in [1.29, 1.82) is 0 Å². The number of nitrogens with one attached hydrogen (secondary N) is 4. The van der Waals surface area contributed by atoms with Crippen molar-refractivity contribution in [2.24, 2.45) is 41.4 Å². The molecule has 1 saturated heterocycles. The molecule has 1 fully saturated rings. The van der Waals surface area contributed by atoms with Gasteiger partial charge in [-0.1, -0.05) is 43.2 Å². The third kappa shape index (κ3) is 35.7. The van der Waals surface area contributed by atoms with Crippen molar-refractivity contribution in [3.63, 3.8) is 0 Å². The number of carbonyl (C=O) groups is 13. The van der Waals surface area contributed by atoms with Crippen molar-refractivity contribution >= 4 is 133 Å². The number of Topliss-reactive ketones (excluding diaryl/α,β-unsaturated/α-hetero) is 5. The molecular weight excluding hydrogens is 1680 g/mol. The third-order valence-corrected chi connectivity index (χ3v) is 21.2. The van der Waals surface area contributed by atoms with Crippen molar-refractivity contribution in [3.8, 4) is 0 Å². The van der Waals surface area contributed by atoms with Crippen LogP contribution in [-0.4, -0.2) is 234 Å². The van der Waals surface area contributed by atoms with Gasteiger partial charge in [-0.2, -0.15) is 0 Å². The number of hydrogen-bond acceptors (Lipinski definition) is 37. The van der Waals surface area contributed by atoms with Crippen LogP contribution >= 0.6 is 56.7 Å². The van der Waals surface area contributed by atoms with E-state index in [1.165, 1.54) is 118 Å². The first kappa shape index (κ1) is 101. The highest BCUT2D eigenvalue weighted by atomic mass is 32.1. The lowest BCUT2D eigenvalue weighted by Crippen LogP contribution is -2.50. The summed E-state index contributed by atoms with van der Waals surface area (Å²) in [5.74, 6) is -7.38. The Morgan fingerprint density at radius 2 is 0.736 bits per heavy atom. The monoisotopic (exact) mass is 1780 g/mol. The van der Waals surface area contributed by atoms with Gasteiger partial charge in [0, 0.05) is 137 Å². The Labute approximate surface area is 718 Å². The summed E-state index contributed by atoms with van der Waals surface area (Å²) in [6, 6.07) is 0.696. The van der Waals surface area contributed by atoms with Crippen LogP contribution in [0, 0.1) is 62.2 Å². The zero-order valence-electron chi connectivity index (χ0n) is 69.8. The number of carboxylic acids is 1. The number of aromatic nitrogens is 8. The van der Waals surface area contributed by atoms with Crippen LogP contribution < -0.4 is 21.3 Å². The minimum absolute atomic E-state index is 0.00693. The number of ether oxygens (including phenoxy) is 8. The third-order valence-electron chi connectivity index (χ3n) is 18.0. The van der Waals surface area contributed by atoms with Gasteiger partial charge in [-0.15, -0.1) is 56.7 Å². The van der Waals surface area contributed by atoms with Crippen LogP contribution in [0.1, 0.15) is 144 Å². The predicted octanol–water partition coefficient (Wildman–Crippen LogP) is 7.36. The standard InChI is InChI=1S/C25H34N4O7S.C17H21N3O6S.C16H19N3O6S.C13H19NO4S.C8H11NO2S/c1-14(2)6-18(22(31)25(4)12-35-25)27-23(32)16(8-17-11-37-13-26-17)9-21(30)20(10-34-5)28-24(33)19-7-15(3)36-29-19;1-10-4-13(20-26-10)16(22)19-14(7-24-2)15(21)6-11(17(23)25-3)5-12-8-27-9-18-12;1-9-3-12(19-25-9)15(21)18-13(6-24-2)14(20)5-10(16(22)23)4-11-7-26-8-17-11;1-9(6-17-2)12(15)5-10(13(16)18-3)4-11-7-19-8-14-11;1-6(8(10)11-2)3-7-4-12-5-9-7/h7,11,13-14,16,18,20H,6,8-10,12H2,1-5H3,(H,27,32)(H,28,33);4,8-9,11,14H,5-7H2,1-3H3,(H,19,22);3,7-8,10,13H,4-6H2,1-2H3,(H,18,21)(H,22,23);7-10H,4-6H2,1-3H3;4-6H,3H2,1-2H3/t16-,18+,20+,25-;11-,14+;10-,13+;9-,10?;6-/m11100/s1. The molecule has 42 heteroatoms. The van der Waals surface area contributed by atoms with Crippen molar-refractivity contribution < 1.29 is 119 Å². The molecule has 9 heterocycles. The molecule has 1 aliphatic heterocycles. The molecule has 0 radical (unpaired) electrons. The number of amides is 4. The molecule has 4 amide bonds. The molecule has 121 heavy (non-hydrogen) atoms. The molecule has 0 saturated carbocycles. The van der Waals surface area contributed by atoms with Gasteiger partial charge in [0.1, 0.15) is 46.8 Å². The lowest BCUT2D eigenvalue weighted by atomic mass is 9.90. The van der Waals surface area contributed by atoms with E-state index in [4.69, 9.17) is 46.7 Å². The number of epoxide rings is 1. The second kappa shape index (κ2) is 52.8. The molecular formula is C79H104N12O25S5. The molecule has 0 aromatic carbocycles. The smallest absolute Gasteiger partial charge is 0.309 e. The van der Waals surface area contributed by atoms with Crippen LogP contribution in [0.25, 0.3) is 0 Å². The molecule has 1 unspecified atom stereocenters. The lowest BCUT2D eigenvalue weighted by molar-refractivity contribution is -0.148. The predicted molar refractivity (Wildman–Crippen MR) is 439 cm³/mol. The highest BCUT2D eigenvalue weighted by molar-refractivity contribution is 7.08. The maximum Gasteiger partial charge on any atom is 0.309 e. The fourth-order valence-electron chi connectivity index (χ4n) is 11.4. The average Bonchev–Trinajstić information content (AvgIpc) is 1.64. The van der Waals surface area contributed by atoms with Crippen LogP contribution in [0.4, 0.5) is 0 Å². The Kier molecular flexibility index (Phi) is 44.2. The van der Waals surface area contributed by atoms with Crippen molar-refractivity contribution in [2.45, 2.75) is 149 Å². The molecule has 9 rings (SSSR count). The van der Waals surface area contributed by atoms with Gasteiger partial charge >= 0.3 is 23.9 Å². The molecule has 8 aromatic rings. The molecule has 11 atom stereocenters. The number of thiazole rings is 5. The molecule has 37 nitrogen and oxygen atoms in total. The van der Waals surface area contributed by atoms with E-state index in [0.717, 1.165) is 11.4 Å². The highest BCUT2D eigenvalue weighted by Gasteiger charge is 2.50. The number of aryl methyl sites for hydroxylation is 3.